The maximum atomic E-state index is 13.3. The van der Waals surface area contributed by atoms with Crippen molar-refractivity contribution in [3.8, 4) is 0 Å². The maximum Gasteiger partial charge on any atom is 0.270 e. The molecule has 0 unspecified atom stereocenters. The van der Waals surface area contributed by atoms with Gasteiger partial charge in [0.1, 0.15) is 29.9 Å². The van der Waals surface area contributed by atoms with Crippen LogP contribution in [0.2, 0.25) is 0 Å². The number of hydrogen-bond donors (Lipinski definition) is 7. The fourth-order valence-corrected chi connectivity index (χ4v) is 4.44. The maximum absolute atomic E-state index is 13.3. The molecule has 0 saturated carbocycles. The van der Waals surface area contributed by atoms with Gasteiger partial charge >= 0.3 is 0 Å². The second kappa shape index (κ2) is 15.5. The van der Waals surface area contributed by atoms with E-state index >= 15 is 0 Å². The number of nitrogens with one attached hydrogen (secondary N) is 6. The molecule has 2 aromatic rings. The largest absolute Gasteiger partial charge is 0.394 e. The van der Waals surface area contributed by atoms with E-state index in [2.05, 4.69) is 31.6 Å². The first kappa shape index (κ1) is 32.8. The topological polar surface area (TPSA) is 202 Å². The van der Waals surface area contributed by atoms with Gasteiger partial charge in [-0.05, 0) is 30.5 Å². The summed E-state index contributed by atoms with van der Waals surface area (Å²) in [5.41, 5.74) is 0.967. The smallest absolute Gasteiger partial charge is 0.270 e. The van der Waals surface area contributed by atoms with Crippen LogP contribution in [0.25, 0.3) is 0 Å². The SMILES string of the molecule is CC(C)[C@H]1NC(=O)CN(C(=O)c2ccc[nH]2)CCNC(=O)[C@@H](Cc2ccccc2)NC(=O)[C@H](CO)NC(=O)[C@H](C)NC1=O. The number of rotatable bonds is 5. The number of hydrogen-bond acceptors (Lipinski definition) is 7. The Balaban J connectivity index is 1.91. The van der Waals surface area contributed by atoms with Crippen LogP contribution >= 0.6 is 0 Å². The number of aliphatic hydroxyl groups excluding tert-OH is 1. The van der Waals surface area contributed by atoms with Crippen molar-refractivity contribution in [1.29, 1.82) is 0 Å². The number of benzene rings is 1. The number of nitrogens with zero attached hydrogens (tertiary/aromatic N) is 1. The molecule has 7 N–H and O–H groups in total. The zero-order chi connectivity index (χ0) is 31.5. The zero-order valence-corrected chi connectivity index (χ0v) is 24.4. The number of amides is 6. The van der Waals surface area contributed by atoms with E-state index in [0.717, 1.165) is 5.56 Å². The molecule has 6 amide bonds. The molecule has 0 radical (unpaired) electrons. The van der Waals surface area contributed by atoms with Gasteiger partial charge in [-0.3, -0.25) is 28.8 Å². The Morgan fingerprint density at radius 1 is 0.884 bits per heavy atom. The fraction of sp³-hybridized carbons (Fsp3) is 0.448. The van der Waals surface area contributed by atoms with Gasteiger partial charge in [-0.25, -0.2) is 0 Å². The van der Waals surface area contributed by atoms with Crippen LogP contribution < -0.4 is 26.6 Å². The van der Waals surface area contributed by atoms with Crippen molar-refractivity contribution >= 4 is 35.4 Å². The van der Waals surface area contributed by atoms with Gasteiger partial charge in [-0.15, -0.1) is 0 Å². The van der Waals surface area contributed by atoms with Crippen molar-refractivity contribution in [1.82, 2.24) is 36.5 Å². The quantitative estimate of drug-likeness (QED) is 0.216. The molecule has 1 aromatic heterocycles. The molecule has 14 heteroatoms. The van der Waals surface area contributed by atoms with E-state index in [1.54, 1.807) is 62.5 Å². The number of aliphatic hydroxyl groups is 1. The van der Waals surface area contributed by atoms with Gasteiger partial charge in [0, 0.05) is 25.7 Å². The highest BCUT2D eigenvalue weighted by atomic mass is 16.3. The molecule has 4 atom stereocenters. The van der Waals surface area contributed by atoms with Gasteiger partial charge in [-0.2, -0.15) is 0 Å². The highest BCUT2D eigenvalue weighted by Crippen LogP contribution is 2.07. The van der Waals surface area contributed by atoms with Crippen molar-refractivity contribution < 1.29 is 33.9 Å². The summed E-state index contributed by atoms with van der Waals surface area (Å²) < 4.78 is 0. The summed E-state index contributed by atoms with van der Waals surface area (Å²) in [6.07, 6.45) is 1.66. The Labute approximate surface area is 249 Å². The molecule has 1 fully saturated rings. The molecule has 43 heavy (non-hydrogen) atoms. The normalized spacial score (nSPS) is 23.3. The Morgan fingerprint density at radius 3 is 2.21 bits per heavy atom. The lowest BCUT2D eigenvalue weighted by atomic mass is 10.0. The number of aromatic amines is 1. The third kappa shape index (κ3) is 9.39. The number of H-pyrrole nitrogens is 1. The predicted octanol–water partition coefficient (Wildman–Crippen LogP) is -1.56. The summed E-state index contributed by atoms with van der Waals surface area (Å²) >= 11 is 0. The number of carbonyl (C=O) groups is 6. The average Bonchev–Trinajstić information content (AvgIpc) is 3.52. The minimum absolute atomic E-state index is 0.0616. The summed E-state index contributed by atoms with van der Waals surface area (Å²) in [7, 11) is 0. The molecule has 1 aliphatic rings. The first-order valence-corrected chi connectivity index (χ1v) is 14.1. The molecule has 1 aromatic carbocycles. The Hall–Kier alpha value is -4.72. The predicted molar refractivity (Wildman–Crippen MR) is 155 cm³/mol. The molecule has 14 nitrogen and oxygen atoms in total. The highest BCUT2D eigenvalue weighted by molar-refractivity contribution is 5.97. The summed E-state index contributed by atoms with van der Waals surface area (Å²) in [5.74, 6) is -4.28. The van der Waals surface area contributed by atoms with Crippen molar-refractivity contribution in [3.63, 3.8) is 0 Å². The van der Waals surface area contributed by atoms with Crippen molar-refractivity contribution in [2.45, 2.75) is 51.4 Å². The lowest BCUT2D eigenvalue weighted by Gasteiger charge is -2.28. The van der Waals surface area contributed by atoms with E-state index in [4.69, 9.17) is 0 Å². The van der Waals surface area contributed by atoms with Crippen LogP contribution in [0.15, 0.2) is 48.7 Å². The van der Waals surface area contributed by atoms with Crippen LogP contribution in [-0.2, 0) is 30.4 Å². The summed E-state index contributed by atoms with van der Waals surface area (Å²) in [4.78, 5) is 82.6. The van der Waals surface area contributed by atoms with Crippen LogP contribution in [0.5, 0.6) is 0 Å². The summed E-state index contributed by atoms with van der Waals surface area (Å²) in [6, 6.07) is 7.41. The van der Waals surface area contributed by atoms with Gasteiger partial charge in [0.25, 0.3) is 5.91 Å². The standard InChI is InChI=1S/C29H39N7O7/c1-17(2)24-28(42)32-18(3)25(39)34-22(16-37)27(41)33-21(14-19-8-5-4-6-9-19)26(40)31-12-13-36(15-23(38)35-24)29(43)20-10-7-11-30-20/h4-11,17-18,21-22,24,30,37H,12-16H2,1-3H3,(H,31,40)(H,32,42)(H,33,41)(H,34,39)(H,35,38)/t18-,21+,22-,24+/m0/s1. The van der Waals surface area contributed by atoms with Crippen molar-refractivity contribution in [2.75, 3.05) is 26.2 Å². The summed E-state index contributed by atoms with van der Waals surface area (Å²) in [5, 5.41) is 22.7. The highest BCUT2D eigenvalue weighted by Gasteiger charge is 2.31. The van der Waals surface area contributed by atoms with E-state index in [1.165, 1.54) is 11.8 Å². The molecule has 0 aliphatic carbocycles. The second-order valence-corrected chi connectivity index (χ2v) is 10.6. The van der Waals surface area contributed by atoms with Gasteiger partial charge in [0.2, 0.25) is 29.5 Å². The number of aromatic nitrogens is 1. The van der Waals surface area contributed by atoms with Gasteiger partial charge in [0.05, 0.1) is 13.2 Å². The fourth-order valence-electron chi connectivity index (χ4n) is 4.44. The van der Waals surface area contributed by atoms with Gasteiger partial charge in [-0.1, -0.05) is 44.2 Å². The Morgan fingerprint density at radius 2 is 1.58 bits per heavy atom. The lowest BCUT2D eigenvalue weighted by molar-refractivity contribution is -0.135. The minimum atomic E-state index is -1.41. The molecule has 1 saturated heterocycles. The molecule has 2 heterocycles. The van der Waals surface area contributed by atoms with E-state index in [9.17, 15) is 33.9 Å². The van der Waals surface area contributed by atoms with Crippen molar-refractivity contribution in [2.24, 2.45) is 5.92 Å². The molecule has 1 aliphatic heterocycles. The molecular formula is C29H39N7O7. The molecule has 0 spiro atoms. The van der Waals surface area contributed by atoms with Gasteiger partial charge in [0.15, 0.2) is 0 Å². The third-order valence-corrected chi connectivity index (χ3v) is 6.88. The van der Waals surface area contributed by atoms with Crippen molar-refractivity contribution in [3.05, 3.63) is 59.9 Å². The first-order chi connectivity index (χ1) is 20.5. The van der Waals surface area contributed by atoms with E-state index in [-0.39, 0.29) is 31.1 Å². The molecular weight excluding hydrogens is 558 g/mol. The molecule has 0 bridgehead atoms. The molecule has 232 valence electrons. The lowest BCUT2D eigenvalue weighted by Crippen LogP contribution is -2.60. The van der Waals surface area contributed by atoms with Crippen LogP contribution in [-0.4, -0.2) is 101 Å². The van der Waals surface area contributed by atoms with E-state index in [0.29, 0.717) is 0 Å². The van der Waals surface area contributed by atoms with Crippen LogP contribution in [0.4, 0.5) is 0 Å². The Kier molecular flexibility index (Phi) is 11.8. The second-order valence-electron chi connectivity index (χ2n) is 10.6. The van der Waals surface area contributed by atoms with Crippen LogP contribution in [0.1, 0.15) is 36.8 Å². The third-order valence-electron chi connectivity index (χ3n) is 6.88. The summed E-state index contributed by atoms with van der Waals surface area (Å²) in [6.45, 7) is 3.49. The molecule has 3 rings (SSSR count). The van der Waals surface area contributed by atoms with E-state index in [1.807, 2.05) is 0 Å². The van der Waals surface area contributed by atoms with Crippen LogP contribution in [0, 0.1) is 5.92 Å². The Bertz CT molecular complexity index is 1280. The minimum Gasteiger partial charge on any atom is -0.394 e. The van der Waals surface area contributed by atoms with Gasteiger partial charge < -0.3 is 41.6 Å². The first-order valence-electron chi connectivity index (χ1n) is 14.1. The number of carbonyl (C=O) groups excluding carboxylic acids is 6. The average molecular weight is 598 g/mol. The van der Waals surface area contributed by atoms with Crippen LogP contribution in [0.3, 0.4) is 0 Å². The van der Waals surface area contributed by atoms with E-state index < -0.39 is 72.8 Å². The monoisotopic (exact) mass is 597 g/mol. The zero-order valence-electron chi connectivity index (χ0n) is 24.4.